The van der Waals surface area contributed by atoms with Gasteiger partial charge in [0, 0.05) is 24.5 Å². The number of hydrogen-bond donors (Lipinski definition) is 1. The predicted molar refractivity (Wildman–Crippen MR) is 111 cm³/mol. The highest BCUT2D eigenvalue weighted by Gasteiger charge is 2.34. The van der Waals surface area contributed by atoms with E-state index in [-0.39, 0.29) is 24.7 Å². The Hall–Kier alpha value is -3.42. The van der Waals surface area contributed by atoms with E-state index in [1.165, 1.54) is 18.2 Å². The molecule has 3 nitrogen and oxygen atoms in total. The summed E-state index contributed by atoms with van der Waals surface area (Å²) in [5, 5.41) is 2.82. The Morgan fingerprint density at radius 2 is 1.66 bits per heavy atom. The Bertz CT molecular complexity index is 1140. The van der Waals surface area contributed by atoms with Crippen LogP contribution >= 0.6 is 0 Å². The summed E-state index contributed by atoms with van der Waals surface area (Å²) in [6, 6.07) is 14.1. The maximum absolute atomic E-state index is 13.9. The Labute approximate surface area is 181 Å². The molecule has 1 aliphatic heterocycles. The SMILES string of the molecule is O=C(Cc1ccc(F)cc1)Nc1ccc2c(c1)CCN2Cc1ccc(C(F)(F)F)c(F)c1. The van der Waals surface area contributed by atoms with Gasteiger partial charge in [0.05, 0.1) is 12.0 Å². The second kappa shape index (κ2) is 8.61. The number of carbonyl (C=O) groups is 1. The number of amides is 1. The molecule has 0 atom stereocenters. The van der Waals surface area contributed by atoms with Crippen LogP contribution in [0, 0.1) is 11.6 Å². The van der Waals surface area contributed by atoms with Gasteiger partial charge >= 0.3 is 6.18 Å². The van der Waals surface area contributed by atoms with Crippen LogP contribution < -0.4 is 10.2 Å². The summed E-state index contributed by atoms with van der Waals surface area (Å²) >= 11 is 0. The fourth-order valence-electron chi connectivity index (χ4n) is 3.81. The van der Waals surface area contributed by atoms with E-state index >= 15 is 0 Å². The van der Waals surface area contributed by atoms with E-state index in [1.807, 2.05) is 17.0 Å². The highest BCUT2D eigenvalue weighted by Crippen LogP contribution is 2.34. The standard InChI is InChI=1S/C24H19F5N2O/c25-18-4-1-15(2-5-18)12-23(32)30-19-6-8-22-17(13-19)9-10-31(22)14-16-3-7-20(21(26)11-16)24(27,28)29/h1-8,11,13H,9-10,12,14H2,(H,30,32). The minimum absolute atomic E-state index is 0.114. The van der Waals surface area contributed by atoms with E-state index < -0.39 is 17.6 Å². The van der Waals surface area contributed by atoms with Gasteiger partial charge in [-0.25, -0.2) is 8.78 Å². The van der Waals surface area contributed by atoms with E-state index in [4.69, 9.17) is 0 Å². The summed E-state index contributed by atoms with van der Waals surface area (Å²) in [7, 11) is 0. The highest BCUT2D eigenvalue weighted by atomic mass is 19.4. The lowest BCUT2D eigenvalue weighted by molar-refractivity contribution is -0.140. The van der Waals surface area contributed by atoms with Gasteiger partial charge in [-0.1, -0.05) is 18.2 Å². The van der Waals surface area contributed by atoms with Crippen molar-refractivity contribution in [1.82, 2.24) is 0 Å². The Balaban J connectivity index is 1.42. The van der Waals surface area contributed by atoms with Gasteiger partial charge < -0.3 is 10.2 Å². The molecule has 1 aliphatic rings. The summed E-state index contributed by atoms with van der Waals surface area (Å²) in [5.74, 6) is -1.88. The molecule has 0 saturated heterocycles. The van der Waals surface area contributed by atoms with E-state index in [9.17, 15) is 26.7 Å². The molecule has 0 spiro atoms. The number of carbonyl (C=O) groups excluding carboxylic acids is 1. The van der Waals surface area contributed by atoms with Crippen LogP contribution in [0.5, 0.6) is 0 Å². The largest absolute Gasteiger partial charge is 0.419 e. The second-order valence-electron chi connectivity index (χ2n) is 7.68. The van der Waals surface area contributed by atoms with Crippen molar-refractivity contribution in [3.05, 3.63) is 94.6 Å². The van der Waals surface area contributed by atoms with Crippen molar-refractivity contribution >= 4 is 17.3 Å². The minimum Gasteiger partial charge on any atom is -0.367 e. The molecule has 1 amide bonds. The lowest BCUT2D eigenvalue weighted by atomic mass is 10.1. The molecule has 0 aliphatic carbocycles. The number of rotatable bonds is 5. The van der Waals surface area contributed by atoms with Crippen LogP contribution in [-0.4, -0.2) is 12.5 Å². The van der Waals surface area contributed by atoms with Crippen LogP contribution in [0.2, 0.25) is 0 Å². The first-order valence-electron chi connectivity index (χ1n) is 9.97. The number of nitrogens with zero attached hydrogens (tertiary/aromatic N) is 1. The number of fused-ring (bicyclic) bond motifs is 1. The fourth-order valence-corrected chi connectivity index (χ4v) is 3.81. The monoisotopic (exact) mass is 446 g/mol. The molecule has 1 heterocycles. The Morgan fingerprint density at radius 3 is 2.34 bits per heavy atom. The van der Waals surface area contributed by atoms with Crippen molar-refractivity contribution in [3.8, 4) is 0 Å². The Kier molecular flexibility index (Phi) is 5.86. The molecule has 4 rings (SSSR count). The summed E-state index contributed by atoms with van der Waals surface area (Å²) in [4.78, 5) is 14.2. The first kappa shape index (κ1) is 21.8. The summed E-state index contributed by atoms with van der Waals surface area (Å²) in [6.45, 7) is 0.906. The maximum Gasteiger partial charge on any atom is 0.419 e. The molecule has 0 aromatic heterocycles. The lowest BCUT2D eigenvalue weighted by Crippen LogP contribution is -2.20. The van der Waals surface area contributed by atoms with E-state index in [0.29, 0.717) is 29.8 Å². The topological polar surface area (TPSA) is 32.3 Å². The zero-order valence-corrected chi connectivity index (χ0v) is 16.8. The molecule has 3 aromatic rings. The number of nitrogens with one attached hydrogen (secondary N) is 1. The molecular formula is C24H19F5N2O. The van der Waals surface area contributed by atoms with Gasteiger partial charge in [0.25, 0.3) is 0 Å². The van der Waals surface area contributed by atoms with Gasteiger partial charge in [-0.2, -0.15) is 13.2 Å². The van der Waals surface area contributed by atoms with Crippen LogP contribution in [0.15, 0.2) is 60.7 Å². The second-order valence-corrected chi connectivity index (χ2v) is 7.68. The quantitative estimate of drug-likeness (QED) is 0.508. The summed E-state index contributed by atoms with van der Waals surface area (Å²) in [5.41, 5.74) is 2.36. The van der Waals surface area contributed by atoms with Gasteiger partial charge in [-0.3, -0.25) is 4.79 Å². The Morgan fingerprint density at radius 1 is 0.938 bits per heavy atom. The number of alkyl halides is 3. The number of benzene rings is 3. The van der Waals surface area contributed by atoms with E-state index in [1.54, 1.807) is 18.2 Å². The summed E-state index contributed by atoms with van der Waals surface area (Å²) in [6.07, 6.45) is -3.91. The van der Waals surface area contributed by atoms with Crippen LogP contribution in [0.3, 0.4) is 0 Å². The third-order valence-electron chi connectivity index (χ3n) is 5.35. The van der Waals surface area contributed by atoms with Gasteiger partial charge in [0.15, 0.2) is 0 Å². The van der Waals surface area contributed by atoms with Crippen LogP contribution in [-0.2, 0) is 30.4 Å². The van der Waals surface area contributed by atoms with Crippen molar-refractivity contribution in [2.24, 2.45) is 0 Å². The van der Waals surface area contributed by atoms with Crippen molar-refractivity contribution in [3.63, 3.8) is 0 Å². The molecule has 0 fully saturated rings. The zero-order chi connectivity index (χ0) is 22.9. The molecule has 0 bridgehead atoms. The van der Waals surface area contributed by atoms with Crippen LogP contribution in [0.4, 0.5) is 33.3 Å². The van der Waals surface area contributed by atoms with Crippen molar-refractivity contribution in [1.29, 1.82) is 0 Å². The van der Waals surface area contributed by atoms with Gasteiger partial charge in [0.1, 0.15) is 11.6 Å². The molecule has 0 radical (unpaired) electrons. The highest BCUT2D eigenvalue weighted by molar-refractivity contribution is 5.92. The number of halogens is 5. The van der Waals surface area contributed by atoms with E-state index in [2.05, 4.69) is 5.32 Å². The third-order valence-corrected chi connectivity index (χ3v) is 5.35. The minimum atomic E-state index is -4.72. The molecule has 8 heteroatoms. The molecule has 0 saturated carbocycles. The lowest BCUT2D eigenvalue weighted by Gasteiger charge is -2.20. The molecular weight excluding hydrogens is 427 g/mol. The van der Waals surface area contributed by atoms with Crippen LogP contribution in [0.1, 0.15) is 22.3 Å². The maximum atomic E-state index is 13.9. The molecule has 3 aromatic carbocycles. The van der Waals surface area contributed by atoms with Crippen LogP contribution in [0.25, 0.3) is 0 Å². The summed E-state index contributed by atoms with van der Waals surface area (Å²) < 4.78 is 65.1. The first-order valence-corrected chi connectivity index (χ1v) is 9.97. The van der Waals surface area contributed by atoms with Crippen molar-refractivity contribution in [2.75, 3.05) is 16.8 Å². The van der Waals surface area contributed by atoms with Gasteiger partial charge in [0.2, 0.25) is 5.91 Å². The van der Waals surface area contributed by atoms with E-state index in [0.717, 1.165) is 23.4 Å². The average molecular weight is 446 g/mol. The average Bonchev–Trinajstić information content (AvgIpc) is 3.11. The molecule has 0 unspecified atom stereocenters. The molecule has 1 N–H and O–H groups in total. The van der Waals surface area contributed by atoms with Crippen molar-refractivity contribution in [2.45, 2.75) is 25.6 Å². The zero-order valence-electron chi connectivity index (χ0n) is 16.8. The molecule has 32 heavy (non-hydrogen) atoms. The first-order chi connectivity index (χ1) is 15.2. The predicted octanol–water partition coefficient (Wildman–Crippen LogP) is 5.73. The fraction of sp³-hybridized carbons (Fsp3) is 0.208. The number of hydrogen-bond acceptors (Lipinski definition) is 2. The smallest absolute Gasteiger partial charge is 0.367 e. The number of anilines is 2. The normalized spacial score (nSPS) is 13.2. The third kappa shape index (κ3) is 4.90. The van der Waals surface area contributed by atoms with Gasteiger partial charge in [-0.05, 0) is 65.6 Å². The van der Waals surface area contributed by atoms with Gasteiger partial charge in [-0.15, -0.1) is 0 Å². The van der Waals surface area contributed by atoms with Crippen molar-refractivity contribution < 1.29 is 26.7 Å². The molecule has 166 valence electrons.